The average molecular weight is 586 g/mol. The van der Waals surface area contributed by atoms with Crippen LogP contribution in [0.3, 0.4) is 0 Å². The van der Waals surface area contributed by atoms with Gasteiger partial charge in [0.15, 0.2) is 0 Å². The van der Waals surface area contributed by atoms with Crippen molar-refractivity contribution in [2.24, 2.45) is 17.3 Å². The first kappa shape index (κ1) is 29.2. The zero-order valence-corrected chi connectivity index (χ0v) is 24.7. The van der Waals surface area contributed by atoms with Gasteiger partial charge < -0.3 is 19.6 Å². The number of hydrogen-bond acceptors (Lipinski definition) is 6. The van der Waals surface area contributed by atoms with E-state index < -0.39 is 40.2 Å². The molecule has 3 heterocycles. The Morgan fingerprint density at radius 2 is 1.94 bits per heavy atom. The molecule has 0 aliphatic carbocycles. The fourth-order valence-electron chi connectivity index (χ4n) is 6.72. The molecule has 7 atom stereocenters. The standard InChI is InChI=1S/C27H41BrN2O5S/c1-9-11-29(26(7,8)15-25(4,5)6)23(33)21-27-13-17(28)20(36-27)18(24(34)35-12-10-2)19(27)22(32)30(21)16(3)14-31/h9-10,16-21,31H,1-2,11-15H2,3-8H3/t16-,17?,18-,19+,20-,21?,27?/m1/s1. The second-order valence-corrected chi connectivity index (χ2v) is 14.9. The van der Waals surface area contributed by atoms with E-state index in [1.165, 1.54) is 6.08 Å². The lowest BCUT2D eigenvalue weighted by Crippen LogP contribution is -2.61. The van der Waals surface area contributed by atoms with Gasteiger partial charge in [-0.15, -0.1) is 18.3 Å². The number of aliphatic hydroxyl groups excluding tert-OH is 1. The van der Waals surface area contributed by atoms with E-state index in [0.29, 0.717) is 13.0 Å². The minimum absolute atomic E-state index is 0.0326. The van der Waals surface area contributed by atoms with Crippen molar-refractivity contribution in [3.63, 3.8) is 0 Å². The van der Waals surface area contributed by atoms with Gasteiger partial charge in [-0.3, -0.25) is 14.4 Å². The summed E-state index contributed by atoms with van der Waals surface area (Å²) in [5.74, 6) is -2.19. The van der Waals surface area contributed by atoms with E-state index in [-0.39, 0.29) is 40.5 Å². The maximum absolute atomic E-state index is 14.6. The van der Waals surface area contributed by atoms with E-state index in [2.05, 4.69) is 49.9 Å². The molecule has 9 heteroatoms. The number of carbonyl (C=O) groups is 3. The highest BCUT2D eigenvalue weighted by Crippen LogP contribution is 2.68. The number of thioether (sulfide) groups is 1. The minimum Gasteiger partial charge on any atom is -0.461 e. The van der Waals surface area contributed by atoms with Crippen molar-refractivity contribution in [2.45, 2.75) is 86.8 Å². The number of carbonyl (C=O) groups excluding carboxylic acids is 3. The molecule has 202 valence electrons. The third kappa shape index (κ3) is 4.92. The molecule has 0 radical (unpaired) electrons. The smallest absolute Gasteiger partial charge is 0.311 e. The van der Waals surface area contributed by atoms with Crippen molar-refractivity contribution in [1.29, 1.82) is 0 Å². The van der Waals surface area contributed by atoms with Crippen molar-refractivity contribution in [2.75, 3.05) is 19.8 Å². The summed E-state index contributed by atoms with van der Waals surface area (Å²) >= 11 is 5.32. The highest BCUT2D eigenvalue weighted by molar-refractivity contribution is 9.09. The first-order valence-electron chi connectivity index (χ1n) is 12.6. The van der Waals surface area contributed by atoms with Crippen molar-refractivity contribution in [3.8, 4) is 0 Å². The SMILES string of the molecule is C=CCOC(=O)[C@H]1[C@@H]2SC3(CC2Br)C(C(=O)N(CC=C)C(C)(C)CC(C)(C)C)N([C@H](C)CO)C(=O)[C@H]13. The van der Waals surface area contributed by atoms with Crippen LogP contribution in [0, 0.1) is 17.3 Å². The Kier molecular flexibility index (Phi) is 8.48. The Hall–Kier alpha value is -1.32. The van der Waals surface area contributed by atoms with Crippen LogP contribution < -0.4 is 0 Å². The van der Waals surface area contributed by atoms with E-state index >= 15 is 0 Å². The number of aliphatic hydroxyl groups is 1. The molecule has 2 amide bonds. The third-order valence-electron chi connectivity index (χ3n) is 7.59. The van der Waals surface area contributed by atoms with Crippen molar-refractivity contribution in [3.05, 3.63) is 25.3 Å². The van der Waals surface area contributed by atoms with Gasteiger partial charge >= 0.3 is 5.97 Å². The molecule has 1 N–H and O–H groups in total. The topological polar surface area (TPSA) is 87.2 Å². The molecule has 0 aromatic rings. The molecule has 3 unspecified atom stereocenters. The summed E-state index contributed by atoms with van der Waals surface area (Å²) in [5, 5.41) is 9.91. The molecule has 3 rings (SSSR count). The zero-order chi connectivity index (χ0) is 27.2. The fraction of sp³-hybridized carbons (Fsp3) is 0.741. The number of alkyl halides is 1. The molecule has 36 heavy (non-hydrogen) atoms. The van der Waals surface area contributed by atoms with Crippen LogP contribution in [-0.2, 0) is 19.1 Å². The molecule has 0 saturated carbocycles. The number of rotatable bonds is 10. The number of nitrogens with zero attached hydrogens (tertiary/aromatic N) is 2. The van der Waals surface area contributed by atoms with Gasteiger partial charge in [0.05, 0.1) is 29.2 Å². The Balaban J connectivity index is 2.11. The molecular formula is C27H41BrN2O5S. The van der Waals surface area contributed by atoms with Gasteiger partial charge in [0.2, 0.25) is 11.8 Å². The lowest BCUT2D eigenvalue weighted by molar-refractivity contribution is -0.153. The number of halogens is 1. The number of likely N-dealkylation sites (tertiary alicyclic amines) is 1. The summed E-state index contributed by atoms with van der Waals surface area (Å²) in [6.45, 7) is 19.9. The molecule has 3 saturated heterocycles. The number of hydrogen-bond donors (Lipinski definition) is 1. The van der Waals surface area contributed by atoms with Gasteiger partial charge in [0, 0.05) is 22.2 Å². The molecule has 3 aliphatic heterocycles. The Morgan fingerprint density at radius 3 is 2.47 bits per heavy atom. The minimum atomic E-state index is -0.802. The van der Waals surface area contributed by atoms with E-state index in [4.69, 9.17) is 4.74 Å². The molecule has 1 spiro atoms. The second kappa shape index (κ2) is 10.4. The Labute approximate surface area is 228 Å². The first-order chi connectivity index (χ1) is 16.7. The molecule has 3 aliphatic rings. The maximum atomic E-state index is 14.6. The summed E-state index contributed by atoms with van der Waals surface area (Å²) < 4.78 is 4.64. The van der Waals surface area contributed by atoms with Crippen LogP contribution in [0.2, 0.25) is 0 Å². The van der Waals surface area contributed by atoms with E-state index in [1.807, 2.05) is 18.7 Å². The summed E-state index contributed by atoms with van der Waals surface area (Å²) in [4.78, 5) is 45.1. The van der Waals surface area contributed by atoms with Gasteiger partial charge in [0.1, 0.15) is 12.6 Å². The third-order valence-corrected chi connectivity index (χ3v) is 10.8. The quantitative estimate of drug-likeness (QED) is 0.239. The molecule has 2 bridgehead atoms. The van der Waals surface area contributed by atoms with Crippen LogP contribution in [0.5, 0.6) is 0 Å². The van der Waals surface area contributed by atoms with Crippen LogP contribution in [0.1, 0.15) is 54.4 Å². The number of esters is 1. The summed E-state index contributed by atoms with van der Waals surface area (Å²) in [7, 11) is 0. The van der Waals surface area contributed by atoms with Gasteiger partial charge in [-0.2, -0.15) is 0 Å². The second-order valence-electron chi connectivity index (χ2n) is 12.1. The maximum Gasteiger partial charge on any atom is 0.311 e. The number of fused-ring (bicyclic) bond motifs is 1. The first-order valence-corrected chi connectivity index (χ1v) is 14.4. The zero-order valence-electron chi connectivity index (χ0n) is 22.3. The highest BCUT2D eigenvalue weighted by Gasteiger charge is 2.76. The van der Waals surface area contributed by atoms with Crippen LogP contribution in [0.25, 0.3) is 0 Å². The Morgan fingerprint density at radius 1 is 1.31 bits per heavy atom. The van der Waals surface area contributed by atoms with Crippen molar-refractivity contribution >= 4 is 45.5 Å². The molecule has 0 aromatic heterocycles. The summed E-state index contributed by atoms with van der Waals surface area (Å²) in [6, 6.07) is -1.37. The largest absolute Gasteiger partial charge is 0.461 e. The summed E-state index contributed by atoms with van der Waals surface area (Å²) in [6.07, 6.45) is 4.55. The number of ether oxygens (including phenoxy) is 1. The van der Waals surface area contributed by atoms with Crippen LogP contribution in [0.4, 0.5) is 0 Å². The van der Waals surface area contributed by atoms with Crippen LogP contribution in [-0.4, -0.2) is 84.9 Å². The molecule has 0 aromatic carbocycles. The predicted molar refractivity (Wildman–Crippen MR) is 147 cm³/mol. The highest BCUT2D eigenvalue weighted by atomic mass is 79.9. The lowest BCUT2D eigenvalue weighted by atomic mass is 9.70. The van der Waals surface area contributed by atoms with E-state index in [0.717, 1.165) is 6.42 Å². The van der Waals surface area contributed by atoms with Crippen molar-refractivity contribution < 1.29 is 24.2 Å². The van der Waals surface area contributed by atoms with Gasteiger partial charge in [-0.1, -0.05) is 55.4 Å². The monoisotopic (exact) mass is 584 g/mol. The predicted octanol–water partition coefficient (Wildman–Crippen LogP) is 3.79. The normalized spacial score (nSPS) is 32.3. The average Bonchev–Trinajstić information content (AvgIpc) is 3.36. The number of amides is 2. The van der Waals surface area contributed by atoms with Crippen LogP contribution >= 0.6 is 27.7 Å². The fourth-order valence-corrected chi connectivity index (χ4v) is 10.3. The molecular weight excluding hydrogens is 544 g/mol. The molecule has 3 fully saturated rings. The molecule has 7 nitrogen and oxygen atoms in total. The lowest BCUT2D eigenvalue weighted by Gasteiger charge is -2.46. The van der Waals surface area contributed by atoms with E-state index in [1.54, 1.807) is 29.7 Å². The van der Waals surface area contributed by atoms with Crippen LogP contribution in [0.15, 0.2) is 25.3 Å². The van der Waals surface area contributed by atoms with E-state index in [9.17, 15) is 19.5 Å². The summed E-state index contributed by atoms with van der Waals surface area (Å²) in [5.41, 5.74) is -0.540. The van der Waals surface area contributed by atoms with Gasteiger partial charge in [0.25, 0.3) is 0 Å². The van der Waals surface area contributed by atoms with Gasteiger partial charge in [-0.05, 0) is 39.0 Å². The Bertz CT molecular complexity index is 918. The van der Waals surface area contributed by atoms with Crippen molar-refractivity contribution in [1.82, 2.24) is 9.80 Å². The van der Waals surface area contributed by atoms with Gasteiger partial charge in [-0.25, -0.2) is 0 Å².